The molecule has 0 aliphatic carbocycles. The molecule has 1 saturated heterocycles. The molecule has 0 aromatic carbocycles. The second-order valence-corrected chi connectivity index (χ2v) is 4.55. The van der Waals surface area contributed by atoms with Gasteiger partial charge in [-0.05, 0) is 32.1 Å². The average Bonchev–Trinajstić information content (AvgIpc) is 2.83. The predicted molar refractivity (Wildman–Crippen MR) is 67.0 cm³/mol. The lowest BCUT2D eigenvalue weighted by Gasteiger charge is -2.38. The summed E-state index contributed by atoms with van der Waals surface area (Å²) in [5.41, 5.74) is 0. The molecule has 0 radical (unpaired) electrons. The zero-order valence-electron chi connectivity index (χ0n) is 10.7. The molecular formula is C13H22N2O2. The number of hydrogen-bond donors (Lipinski definition) is 1. The lowest BCUT2D eigenvalue weighted by Crippen LogP contribution is -2.47. The van der Waals surface area contributed by atoms with Crippen molar-refractivity contribution in [2.75, 3.05) is 33.3 Å². The van der Waals surface area contributed by atoms with E-state index in [1.54, 1.807) is 6.26 Å². The molecule has 2 atom stereocenters. The molecule has 4 nitrogen and oxygen atoms in total. The number of nitrogens with one attached hydrogen (secondary N) is 1. The third kappa shape index (κ3) is 3.09. The second kappa shape index (κ2) is 6.19. The van der Waals surface area contributed by atoms with Crippen molar-refractivity contribution in [2.24, 2.45) is 0 Å². The number of rotatable bonds is 5. The van der Waals surface area contributed by atoms with Gasteiger partial charge in [0.05, 0.1) is 25.0 Å². The predicted octanol–water partition coefficient (Wildman–Crippen LogP) is 1.65. The Bertz CT molecular complexity index is 313. The van der Waals surface area contributed by atoms with Gasteiger partial charge in [0.15, 0.2) is 0 Å². The van der Waals surface area contributed by atoms with Crippen molar-refractivity contribution in [1.82, 2.24) is 10.2 Å². The van der Waals surface area contributed by atoms with Crippen molar-refractivity contribution in [1.29, 1.82) is 0 Å². The van der Waals surface area contributed by atoms with Crippen LogP contribution in [0.4, 0.5) is 0 Å². The fourth-order valence-electron chi connectivity index (χ4n) is 2.31. The van der Waals surface area contributed by atoms with Gasteiger partial charge in [0.2, 0.25) is 0 Å². The van der Waals surface area contributed by atoms with Gasteiger partial charge in [-0.25, -0.2) is 0 Å². The molecule has 2 unspecified atom stereocenters. The molecule has 0 saturated carbocycles. The molecule has 0 bridgehead atoms. The van der Waals surface area contributed by atoms with Gasteiger partial charge in [-0.2, -0.15) is 0 Å². The molecule has 2 rings (SSSR count). The smallest absolute Gasteiger partial charge is 0.123 e. The monoisotopic (exact) mass is 238 g/mol. The van der Waals surface area contributed by atoms with E-state index in [2.05, 4.69) is 24.2 Å². The summed E-state index contributed by atoms with van der Waals surface area (Å²) in [4.78, 5) is 2.31. The van der Waals surface area contributed by atoms with E-state index in [1.807, 2.05) is 12.1 Å². The van der Waals surface area contributed by atoms with Crippen LogP contribution in [-0.2, 0) is 4.74 Å². The molecule has 0 spiro atoms. The van der Waals surface area contributed by atoms with Crippen molar-refractivity contribution < 1.29 is 9.15 Å². The van der Waals surface area contributed by atoms with Crippen LogP contribution in [0.1, 0.15) is 25.1 Å². The number of furan rings is 1. The first kappa shape index (κ1) is 12.6. The van der Waals surface area contributed by atoms with Crippen LogP contribution in [0.3, 0.4) is 0 Å². The summed E-state index contributed by atoms with van der Waals surface area (Å²) in [7, 11) is 2.13. The van der Waals surface area contributed by atoms with E-state index in [0.29, 0.717) is 0 Å². The van der Waals surface area contributed by atoms with Crippen molar-refractivity contribution in [3.8, 4) is 0 Å². The first-order chi connectivity index (χ1) is 8.33. The molecule has 1 N–H and O–H groups in total. The molecule has 2 heterocycles. The molecule has 4 heteroatoms. The average molecular weight is 238 g/mol. The van der Waals surface area contributed by atoms with Gasteiger partial charge in [0.1, 0.15) is 5.76 Å². The first-order valence-electron chi connectivity index (χ1n) is 6.39. The number of morpholine rings is 1. The van der Waals surface area contributed by atoms with Gasteiger partial charge in [-0.3, -0.25) is 4.90 Å². The summed E-state index contributed by atoms with van der Waals surface area (Å²) < 4.78 is 11.4. The quantitative estimate of drug-likeness (QED) is 0.792. The first-order valence-corrected chi connectivity index (χ1v) is 6.39. The maximum Gasteiger partial charge on any atom is 0.123 e. The number of ether oxygens (including phenoxy) is 1. The Morgan fingerprint density at radius 1 is 1.53 bits per heavy atom. The van der Waals surface area contributed by atoms with Gasteiger partial charge >= 0.3 is 0 Å². The van der Waals surface area contributed by atoms with Crippen molar-refractivity contribution >= 4 is 0 Å². The molecule has 17 heavy (non-hydrogen) atoms. The maximum atomic E-state index is 5.87. The highest BCUT2D eigenvalue weighted by Gasteiger charge is 2.32. The van der Waals surface area contributed by atoms with E-state index in [1.165, 1.54) is 0 Å². The van der Waals surface area contributed by atoms with Gasteiger partial charge in [0.25, 0.3) is 0 Å². The van der Waals surface area contributed by atoms with E-state index in [9.17, 15) is 0 Å². The fraction of sp³-hybridized carbons (Fsp3) is 0.692. The normalized spacial score (nSPS) is 26.2. The summed E-state index contributed by atoms with van der Waals surface area (Å²) in [6.45, 7) is 5.84. The van der Waals surface area contributed by atoms with Crippen LogP contribution in [-0.4, -0.2) is 44.3 Å². The van der Waals surface area contributed by atoms with E-state index < -0.39 is 0 Å². The lowest BCUT2D eigenvalue weighted by atomic mass is 10.0. The van der Waals surface area contributed by atoms with Crippen LogP contribution in [0.25, 0.3) is 0 Å². The minimum Gasteiger partial charge on any atom is -0.468 e. The Hall–Kier alpha value is -0.840. The number of likely N-dealkylation sites (N-methyl/N-ethyl adjacent to an activating group) is 1. The van der Waals surface area contributed by atoms with E-state index in [-0.39, 0.29) is 12.1 Å². The topological polar surface area (TPSA) is 37.6 Å². The summed E-state index contributed by atoms with van der Waals surface area (Å²) >= 11 is 0. The van der Waals surface area contributed by atoms with E-state index in [4.69, 9.17) is 9.15 Å². The van der Waals surface area contributed by atoms with Crippen molar-refractivity contribution in [2.45, 2.75) is 25.5 Å². The van der Waals surface area contributed by atoms with Gasteiger partial charge in [0, 0.05) is 13.1 Å². The van der Waals surface area contributed by atoms with Crippen LogP contribution in [0.2, 0.25) is 0 Å². The minimum absolute atomic E-state index is 0.173. The Morgan fingerprint density at radius 3 is 3.12 bits per heavy atom. The molecule has 1 aliphatic rings. The zero-order valence-corrected chi connectivity index (χ0v) is 10.7. The highest BCUT2D eigenvalue weighted by Crippen LogP contribution is 2.28. The molecule has 1 aromatic heterocycles. The van der Waals surface area contributed by atoms with Crippen LogP contribution in [0.15, 0.2) is 22.8 Å². The third-order valence-corrected chi connectivity index (χ3v) is 3.21. The fourth-order valence-corrected chi connectivity index (χ4v) is 2.31. The number of nitrogens with zero attached hydrogens (tertiary/aromatic N) is 1. The van der Waals surface area contributed by atoms with Gasteiger partial charge < -0.3 is 14.5 Å². The van der Waals surface area contributed by atoms with Crippen LogP contribution in [0, 0.1) is 0 Å². The molecular weight excluding hydrogens is 216 g/mol. The number of hydrogen-bond acceptors (Lipinski definition) is 4. The zero-order chi connectivity index (χ0) is 12.1. The lowest BCUT2D eigenvalue weighted by molar-refractivity contribution is -0.0675. The Labute approximate surface area is 103 Å². The summed E-state index contributed by atoms with van der Waals surface area (Å²) in [5.74, 6) is 0.996. The molecule has 1 fully saturated rings. The van der Waals surface area contributed by atoms with Crippen molar-refractivity contribution in [3.05, 3.63) is 24.2 Å². The summed E-state index contributed by atoms with van der Waals surface area (Å²) in [5, 5.41) is 3.42. The Balaban J connectivity index is 2.01. The van der Waals surface area contributed by atoms with Crippen molar-refractivity contribution in [3.63, 3.8) is 0 Å². The summed E-state index contributed by atoms with van der Waals surface area (Å²) in [6, 6.07) is 4.19. The summed E-state index contributed by atoms with van der Waals surface area (Å²) in [6.07, 6.45) is 3.05. The largest absolute Gasteiger partial charge is 0.468 e. The van der Waals surface area contributed by atoms with E-state index in [0.717, 1.165) is 38.4 Å². The van der Waals surface area contributed by atoms with Crippen LogP contribution >= 0.6 is 0 Å². The highest BCUT2D eigenvalue weighted by molar-refractivity contribution is 5.08. The minimum atomic E-state index is 0.173. The van der Waals surface area contributed by atoms with Gasteiger partial charge in [-0.1, -0.05) is 6.92 Å². The maximum absolute atomic E-state index is 5.87. The standard InChI is InChI=1S/C13H22N2O2/c1-3-6-14-10-12-13(11-5-4-8-16-11)15(2)7-9-17-12/h4-5,8,12-14H,3,6-7,9-10H2,1-2H3. The highest BCUT2D eigenvalue weighted by atomic mass is 16.5. The van der Waals surface area contributed by atoms with Crippen LogP contribution in [0.5, 0.6) is 0 Å². The SMILES string of the molecule is CCCNCC1OCCN(C)C1c1ccco1. The Kier molecular flexibility index (Phi) is 4.59. The molecule has 0 amide bonds. The van der Waals surface area contributed by atoms with Gasteiger partial charge in [-0.15, -0.1) is 0 Å². The Morgan fingerprint density at radius 2 is 2.41 bits per heavy atom. The second-order valence-electron chi connectivity index (χ2n) is 4.55. The molecule has 1 aliphatic heterocycles. The molecule has 1 aromatic rings. The molecule has 96 valence electrons. The van der Waals surface area contributed by atoms with E-state index >= 15 is 0 Å². The third-order valence-electron chi connectivity index (χ3n) is 3.21. The van der Waals surface area contributed by atoms with Crippen LogP contribution < -0.4 is 5.32 Å².